The Labute approximate surface area is 166 Å². The molecule has 2 aromatic carbocycles. The van der Waals surface area contributed by atoms with Gasteiger partial charge >= 0.3 is 0 Å². The minimum Gasteiger partial charge on any atom is -0.497 e. The number of methoxy groups -OCH3 is 1. The van der Waals surface area contributed by atoms with Crippen molar-refractivity contribution in [2.75, 3.05) is 39.8 Å². The van der Waals surface area contributed by atoms with Crippen molar-refractivity contribution in [3.8, 4) is 5.75 Å². The molecule has 1 N–H and O–H groups in total. The summed E-state index contributed by atoms with van der Waals surface area (Å²) in [4.78, 5) is 29.5. The fraction of sp³-hybridized carbons (Fsp3) is 0.364. The predicted octanol–water partition coefficient (Wildman–Crippen LogP) is 2.08. The molecule has 0 bridgehead atoms. The molecule has 0 atom stereocenters. The van der Waals surface area contributed by atoms with Crippen molar-refractivity contribution < 1.29 is 14.3 Å². The smallest absolute Gasteiger partial charge is 0.254 e. The molecule has 0 radical (unpaired) electrons. The van der Waals surface area contributed by atoms with Crippen LogP contribution in [0.15, 0.2) is 48.5 Å². The van der Waals surface area contributed by atoms with E-state index in [9.17, 15) is 9.59 Å². The lowest BCUT2D eigenvalue weighted by Gasteiger charge is -2.30. The molecule has 0 saturated carbocycles. The van der Waals surface area contributed by atoms with Gasteiger partial charge in [0.25, 0.3) is 5.91 Å². The Morgan fingerprint density at radius 2 is 1.75 bits per heavy atom. The van der Waals surface area contributed by atoms with Crippen molar-refractivity contribution in [2.45, 2.75) is 13.5 Å². The van der Waals surface area contributed by atoms with E-state index in [0.29, 0.717) is 25.2 Å². The summed E-state index contributed by atoms with van der Waals surface area (Å²) < 4.78 is 5.20. The van der Waals surface area contributed by atoms with Gasteiger partial charge in [0.1, 0.15) is 12.3 Å². The molecule has 1 heterocycles. The summed E-state index contributed by atoms with van der Waals surface area (Å²) in [5.41, 5.74) is 2.49. The van der Waals surface area contributed by atoms with Crippen molar-refractivity contribution in [1.29, 1.82) is 0 Å². The summed E-state index contributed by atoms with van der Waals surface area (Å²) >= 11 is 0. The van der Waals surface area contributed by atoms with E-state index in [0.717, 1.165) is 30.0 Å². The summed E-state index contributed by atoms with van der Waals surface area (Å²) in [7, 11) is 1.62. The lowest BCUT2D eigenvalue weighted by atomic mass is 10.1. The van der Waals surface area contributed by atoms with Crippen LogP contribution in [0.4, 0.5) is 0 Å². The molecule has 1 saturated heterocycles. The molecule has 2 amide bonds. The van der Waals surface area contributed by atoms with Crippen molar-refractivity contribution in [3.63, 3.8) is 0 Å². The van der Waals surface area contributed by atoms with Gasteiger partial charge in [0.2, 0.25) is 5.91 Å². The van der Waals surface area contributed by atoms with Crippen LogP contribution in [0.25, 0.3) is 0 Å². The predicted molar refractivity (Wildman–Crippen MR) is 108 cm³/mol. The van der Waals surface area contributed by atoms with Crippen LogP contribution in [0, 0.1) is 6.92 Å². The zero-order chi connectivity index (χ0) is 19.9. The first-order valence-corrected chi connectivity index (χ1v) is 9.55. The number of hydrogen-bond acceptors (Lipinski definition) is 4. The average Bonchev–Trinajstić information content (AvgIpc) is 2.74. The van der Waals surface area contributed by atoms with Crippen LogP contribution in [0.3, 0.4) is 0 Å². The quantitative estimate of drug-likeness (QED) is 0.832. The zero-order valence-electron chi connectivity index (χ0n) is 16.5. The molecule has 148 valence electrons. The lowest BCUT2D eigenvalue weighted by Crippen LogP contribution is -2.50. The number of amides is 2. The van der Waals surface area contributed by atoms with Gasteiger partial charge in [0, 0.05) is 38.3 Å². The van der Waals surface area contributed by atoms with Gasteiger partial charge in [-0.1, -0.05) is 30.3 Å². The third-order valence-corrected chi connectivity index (χ3v) is 4.99. The molecule has 0 unspecified atom stereocenters. The highest BCUT2D eigenvalue weighted by Gasteiger charge is 2.24. The van der Waals surface area contributed by atoms with Crippen LogP contribution >= 0.6 is 0 Å². The third-order valence-electron chi connectivity index (χ3n) is 4.99. The number of aryl methyl sites for hydroxylation is 1. The minimum atomic E-state index is -0.127. The zero-order valence-corrected chi connectivity index (χ0v) is 16.5. The third kappa shape index (κ3) is 4.89. The second-order valence-electron chi connectivity index (χ2n) is 6.95. The van der Waals surface area contributed by atoms with E-state index in [4.69, 9.17) is 4.74 Å². The topological polar surface area (TPSA) is 61.9 Å². The molecule has 1 fully saturated rings. The fourth-order valence-electron chi connectivity index (χ4n) is 3.31. The van der Waals surface area contributed by atoms with E-state index in [-0.39, 0.29) is 18.4 Å². The number of hydrogen-bond donors (Lipinski definition) is 1. The Morgan fingerprint density at radius 1 is 1.07 bits per heavy atom. The molecule has 2 aromatic rings. The van der Waals surface area contributed by atoms with Crippen LogP contribution in [0.2, 0.25) is 0 Å². The summed E-state index contributed by atoms with van der Waals surface area (Å²) in [5, 5.41) is 3.24. The van der Waals surface area contributed by atoms with Crippen molar-refractivity contribution in [1.82, 2.24) is 15.1 Å². The Balaban J connectivity index is 1.80. The summed E-state index contributed by atoms with van der Waals surface area (Å²) in [6.07, 6.45) is 0. The molecule has 6 nitrogen and oxygen atoms in total. The molecular formula is C22H27N3O3. The second-order valence-corrected chi connectivity index (χ2v) is 6.95. The number of carbonyl (C=O) groups is 2. The van der Waals surface area contributed by atoms with Crippen LogP contribution in [0.5, 0.6) is 5.75 Å². The highest BCUT2D eigenvalue weighted by molar-refractivity contribution is 5.97. The minimum absolute atomic E-state index is 0.0167. The van der Waals surface area contributed by atoms with Crippen LogP contribution in [0.1, 0.15) is 21.5 Å². The maximum Gasteiger partial charge on any atom is 0.254 e. The maximum atomic E-state index is 13.2. The van der Waals surface area contributed by atoms with Gasteiger partial charge in [-0.2, -0.15) is 0 Å². The lowest BCUT2D eigenvalue weighted by molar-refractivity contribution is -0.132. The van der Waals surface area contributed by atoms with Crippen LogP contribution in [-0.4, -0.2) is 61.4 Å². The van der Waals surface area contributed by atoms with Crippen LogP contribution in [-0.2, 0) is 11.3 Å². The van der Waals surface area contributed by atoms with Crippen molar-refractivity contribution >= 4 is 11.8 Å². The van der Waals surface area contributed by atoms with Gasteiger partial charge in [0.05, 0.1) is 7.11 Å². The van der Waals surface area contributed by atoms with E-state index in [2.05, 4.69) is 5.32 Å². The molecule has 28 heavy (non-hydrogen) atoms. The van der Waals surface area contributed by atoms with E-state index in [1.54, 1.807) is 12.0 Å². The van der Waals surface area contributed by atoms with Gasteiger partial charge < -0.3 is 19.9 Å². The largest absolute Gasteiger partial charge is 0.497 e. The SMILES string of the molecule is COc1ccc(CN(CC(=O)N2CCNCC2)C(=O)c2ccccc2C)cc1. The Hall–Kier alpha value is -2.86. The fourth-order valence-corrected chi connectivity index (χ4v) is 3.31. The first kappa shape index (κ1) is 19.9. The molecule has 0 spiro atoms. The number of nitrogens with one attached hydrogen (secondary N) is 1. The standard InChI is InChI=1S/C22H27N3O3/c1-17-5-3-4-6-20(17)22(27)25(15-18-7-9-19(28-2)10-8-18)16-21(26)24-13-11-23-12-14-24/h3-10,23H,11-16H2,1-2H3. The number of piperazine rings is 1. The molecule has 0 aromatic heterocycles. The first-order valence-electron chi connectivity index (χ1n) is 9.55. The first-order chi connectivity index (χ1) is 13.6. The molecule has 6 heteroatoms. The molecule has 1 aliphatic heterocycles. The molecule has 1 aliphatic rings. The van der Waals surface area contributed by atoms with E-state index in [1.165, 1.54) is 0 Å². The van der Waals surface area contributed by atoms with Gasteiger partial charge in [-0.3, -0.25) is 9.59 Å². The van der Waals surface area contributed by atoms with Gasteiger partial charge in [-0.15, -0.1) is 0 Å². The molecule has 0 aliphatic carbocycles. The number of rotatable bonds is 6. The van der Waals surface area contributed by atoms with Crippen molar-refractivity contribution in [3.05, 3.63) is 65.2 Å². The number of ether oxygens (including phenoxy) is 1. The van der Waals surface area contributed by atoms with Crippen molar-refractivity contribution in [2.24, 2.45) is 0 Å². The van der Waals surface area contributed by atoms with E-state index < -0.39 is 0 Å². The summed E-state index contributed by atoms with van der Waals surface area (Å²) in [5.74, 6) is 0.617. The maximum absolute atomic E-state index is 13.2. The Morgan fingerprint density at radius 3 is 2.39 bits per heavy atom. The monoisotopic (exact) mass is 381 g/mol. The van der Waals surface area contributed by atoms with Crippen LogP contribution < -0.4 is 10.1 Å². The normalized spacial score (nSPS) is 13.9. The highest BCUT2D eigenvalue weighted by Crippen LogP contribution is 2.17. The van der Waals surface area contributed by atoms with Gasteiger partial charge in [-0.25, -0.2) is 0 Å². The number of benzene rings is 2. The average molecular weight is 381 g/mol. The Bertz CT molecular complexity index is 814. The van der Waals surface area contributed by atoms with E-state index >= 15 is 0 Å². The summed E-state index contributed by atoms with van der Waals surface area (Å²) in [6, 6.07) is 15.1. The van der Waals surface area contributed by atoms with E-state index in [1.807, 2.05) is 60.4 Å². The molecule has 3 rings (SSSR count). The van der Waals surface area contributed by atoms with Gasteiger partial charge in [0.15, 0.2) is 0 Å². The molecular weight excluding hydrogens is 354 g/mol. The number of nitrogens with zero attached hydrogens (tertiary/aromatic N) is 2. The second kappa shape index (κ2) is 9.37. The number of carbonyl (C=O) groups excluding carboxylic acids is 2. The van der Waals surface area contributed by atoms with Gasteiger partial charge in [-0.05, 0) is 36.2 Å². The Kier molecular flexibility index (Phi) is 6.66. The highest BCUT2D eigenvalue weighted by atomic mass is 16.5. The summed E-state index contributed by atoms with van der Waals surface area (Å²) in [6.45, 7) is 5.28.